The highest BCUT2D eigenvalue weighted by Gasteiger charge is 2.27. The lowest BCUT2D eigenvalue weighted by Gasteiger charge is -2.39. The van der Waals surface area contributed by atoms with Gasteiger partial charge < -0.3 is 15.1 Å². The molecule has 0 saturated carbocycles. The van der Waals surface area contributed by atoms with E-state index >= 15 is 0 Å². The van der Waals surface area contributed by atoms with Gasteiger partial charge in [0.1, 0.15) is 17.8 Å². The molecule has 5 heterocycles. The topological polar surface area (TPSA) is 137 Å². The van der Waals surface area contributed by atoms with Gasteiger partial charge in [0, 0.05) is 55.6 Å². The molecule has 3 aromatic heterocycles. The molecule has 1 atom stereocenters. The maximum atomic E-state index is 13.2. The Hall–Kier alpha value is -4.39. The summed E-state index contributed by atoms with van der Waals surface area (Å²) in [6.45, 7) is 10.5. The van der Waals surface area contributed by atoms with E-state index in [0.717, 1.165) is 54.3 Å². The number of likely N-dealkylation sites (N-methyl/N-ethyl adjacent to an activating group) is 1. The smallest absolute Gasteiger partial charge is 0.255 e. The summed E-state index contributed by atoms with van der Waals surface area (Å²) in [5.74, 6) is 1.29. The predicted molar refractivity (Wildman–Crippen MR) is 144 cm³/mol. The summed E-state index contributed by atoms with van der Waals surface area (Å²) in [5, 5.41) is 23.2. The number of tetrazole rings is 1. The number of benzene rings is 1. The van der Waals surface area contributed by atoms with Crippen LogP contribution in [0.1, 0.15) is 20.8 Å². The highest BCUT2D eigenvalue weighted by Crippen LogP contribution is 2.30. The van der Waals surface area contributed by atoms with Gasteiger partial charge in [-0.05, 0) is 49.0 Å². The highest BCUT2D eigenvalue weighted by atomic mass is 16.1. The minimum atomic E-state index is -0.204. The first-order valence-electron chi connectivity index (χ1n) is 12.7. The van der Waals surface area contributed by atoms with Crippen molar-refractivity contribution in [2.75, 3.05) is 48.3 Å². The number of H-pyrrole nitrogens is 1. The fourth-order valence-electron chi connectivity index (χ4n) is 5.21. The molecule has 0 radical (unpaired) electrons. The molecule has 1 amide bonds. The van der Waals surface area contributed by atoms with Gasteiger partial charge in [0.05, 0.1) is 23.3 Å². The van der Waals surface area contributed by atoms with Gasteiger partial charge >= 0.3 is 0 Å². The van der Waals surface area contributed by atoms with Crippen LogP contribution in [0, 0.1) is 0 Å². The molecule has 0 bridgehead atoms. The van der Waals surface area contributed by atoms with E-state index in [1.807, 2.05) is 43.1 Å². The lowest BCUT2D eigenvalue weighted by molar-refractivity contribution is -0.113. The number of carbonyl (C=O) groups is 1. The van der Waals surface area contributed by atoms with Crippen molar-refractivity contribution >= 4 is 34.3 Å². The van der Waals surface area contributed by atoms with Crippen molar-refractivity contribution in [2.45, 2.75) is 33.4 Å². The lowest BCUT2D eigenvalue weighted by Crippen LogP contribution is -2.52. The van der Waals surface area contributed by atoms with Gasteiger partial charge in [-0.1, -0.05) is 12.0 Å². The van der Waals surface area contributed by atoms with Crippen LogP contribution in [0.25, 0.3) is 22.3 Å². The van der Waals surface area contributed by atoms with Crippen LogP contribution in [0.4, 0.5) is 17.5 Å². The maximum absolute atomic E-state index is 13.2. The normalized spacial score (nSPS) is 18.3. The molecular formula is C25H30N12O. The van der Waals surface area contributed by atoms with Gasteiger partial charge in [0.2, 0.25) is 5.95 Å². The fraction of sp³-hybridized carbons (Fsp3) is 0.400. The molecule has 0 aliphatic carbocycles. The summed E-state index contributed by atoms with van der Waals surface area (Å²) in [4.78, 5) is 28.9. The number of nitrogens with one attached hydrogen (secondary N) is 2. The monoisotopic (exact) mass is 514 g/mol. The van der Waals surface area contributed by atoms with Crippen molar-refractivity contribution in [3.05, 3.63) is 41.9 Å². The van der Waals surface area contributed by atoms with Crippen molar-refractivity contribution < 1.29 is 4.79 Å². The van der Waals surface area contributed by atoms with Crippen molar-refractivity contribution in [3.63, 3.8) is 0 Å². The van der Waals surface area contributed by atoms with E-state index in [1.165, 1.54) is 0 Å². The molecule has 0 unspecified atom stereocenters. The second-order valence-corrected chi connectivity index (χ2v) is 9.73. The van der Waals surface area contributed by atoms with Crippen molar-refractivity contribution in [1.29, 1.82) is 0 Å². The summed E-state index contributed by atoms with van der Waals surface area (Å²) in [5.41, 5.74) is 4.36. The summed E-state index contributed by atoms with van der Waals surface area (Å²) in [6.07, 6.45) is 1.59. The van der Waals surface area contributed by atoms with Crippen LogP contribution in [-0.4, -0.2) is 90.4 Å². The third-order valence-electron chi connectivity index (χ3n) is 7.55. The Kier molecular flexibility index (Phi) is 5.98. The summed E-state index contributed by atoms with van der Waals surface area (Å²) < 4.78 is 1.61. The Bertz CT molecular complexity index is 1540. The highest BCUT2D eigenvalue weighted by molar-refractivity contribution is 6.06. The standard InChI is InChI=1S/C25H30N12O/c1-5-35-8-9-36(12-15(35)2)22-11-21(26-14-27-22)23-18-10-17(6-7-20(18)29-30-23)28-24(38)19-13-37-25(31-32-33-37)34(4)16(19)3/h6-7,10-11,14-15H,5,8-9,12-13H2,1-4H3,(H,28,38)(H,29,30)/t15-/m0/s1. The molecule has 196 valence electrons. The molecular weight excluding hydrogens is 484 g/mol. The van der Waals surface area contributed by atoms with E-state index in [4.69, 9.17) is 0 Å². The number of piperazine rings is 1. The molecule has 1 aromatic carbocycles. The van der Waals surface area contributed by atoms with Crippen molar-refractivity contribution in [2.24, 2.45) is 0 Å². The van der Waals surface area contributed by atoms with Gasteiger partial charge in [0.25, 0.3) is 5.91 Å². The van der Waals surface area contributed by atoms with Crippen LogP contribution >= 0.6 is 0 Å². The van der Waals surface area contributed by atoms with Crippen molar-refractivity contribution in [3.8, 4) is 11.4 Å². The number of anilines is 3. The number of hydrogen-bond donors (Lipinski definition) is 2. The first-order valence-corrected chi connectivity index (χ1v) is 12.7. The summed E-state index contributed by atoms with van der Waals surface area (Å²) >= 11 is 0. The van der Waals surface area contributed by atoms with Crippen molar-refractivity contribution in [1.82, 2.24) is 45.3 Å². The first kappa shape index (κ1) is 24.0. The number of amides is 1. The third kappa shape index (κ3) is 4.14. The number of aromatic nitrogens is 8. The van der Waals surface area contributed by atoms with E-state index < -0.39 is 0 Å². The second kappa shape index (κ2) is 9.49. The van der Waals surface area contributed by atoms with Crippen LogP contribution in [0.5, 0.6) is 0 Å². The number of carbonyl (C=O) groups excluding carboxylic acids is 1. The number of fused-ring (bicyclic) bond motifs is 2. The Labute approximate surface area is 219 Å². The molecule has 13 nitrogen and oxygen atoms in total. The first-order chi connectivity index (χ1) is 18.4. The van der Waals surface area contributed by atoms with Gasteiger partial charge in [-0.3, -0.25) is 14.8 Å². The number of allylic oxidation sites excluding steroid dienone is 1. The van der Waals surface area contributed by atoms with E-state index in [0.29, 0.717) is 35.5 Å². The van der Waals surface area contributed by atoms with Gasteiger partial charge in [0.15, 0.2) is 0 Å². The average molecular weight is 515 g/mol. The minimum Gasteiger partial charge on any atom is -0.354 e. The lowest BCUT2D eigenvalue weighted by atomic mass is 10.1. The van der Waals surface area contributed by atoms with Crippen LogP contribution in [-0.2, 0) is 11.3 Å². The number of nitrogens with zero attached hydrogens (tertiary/aromatic N) is 10. The van der Waals surface area contributed by atoms with E-state index in [9.17, 15) is 4.79 Å². The molecule has 0 spiro atoms. The molecule has 2 aliphatic heterocycles. The van der Waals surface area contributed by atoms with E-state index in [-0.39, 0.29) is 5.91 Å². The molecule has 4 aromatic rings. The summed E-state index contributed by atoms with van der Waals surface area (Å²) in [6, 6.07) is 8.13. The Balaban J connectivity index is 1.25. The average Bonchev–Trinajstić information content (AvgIpc) is 3.58. The van der Waals surface area contributed by atoms with E-state index in [2.05, 4.69) is 64.7 Å². The maximum Gasteiger partial charge on any atom is 0.255 e. The quantitative estimate of drug-likeness (QED) is 0.406. The molecule has 13 heteroatoms. The van der Waals surface area contributed by atoms with Crippen LogP contribution < -0.4 is 15.1 Å². The zero-order chi connectivity index (χ0) is 26.4. The number of rotatable bonds is 5. The minimum absolute atomic E-state index is 0.204. The fourth-order valence-corrected chi connectivity index (χ4v) is 5.21. The van der Waals surface area contributed by atoms with Crippen LogP contribution in [0.2, 0.25) is 0 Å². The number of hydrogen-bond acceptors (Lipinski definition) is 10. The predicted octanol–water partition coefficient (Wildman–Crippen LogP) is 1.90. The molecule has 38 heavy (non-hydrogen) atoms. The largest absolute Gasteiger partial charge is 0.354 e. The van der Waals surface area contributed by atoms with Gasteiger partial charge in [-0.25, -0.2) is 14.6 Å². The van der Waals surface area contributed by atoms with E-state index in [1.54, 1.807) is 11.0 Å². The Morgan fingerprint density at radius 1 is 1.21 bits per heavy atom. The van der Waals surface area contributed by atoms with Crippen LogP contribution in [0.3, 0.4) is 0 Å². The zero-order valence-corrected chi connectivity index (χ0v) is 21.9. The second-order valence-electron chi connectivity index (χ2n) is 9.73. The SMILES string of the molecule is CCN1CCN(c2cc(-c3n[nH]c4ccc(NC(=O)C5=C(C)N(C)c6nnnn6C5)cc34)ncn2)C[C@@H]1C. The molecule has 2 N–H and O–H groups in total. The Morgan fingerprint density at radius 3 is 2.89 bits per heavy atom. The van der Waals surface area contributed by atoms with Gasteiger partial charge in [-0.2, -0.15) is 5.10 Å². The summed E-state index contributed by atoms with van der Waals surface area (Å²) in [7, 11) is 1.84. The molecule has 6 rings (SSSR count). The zero-order valence-electron chi connectivity index (χ0n) is 21.9. The molecule has 2 aliphatic rings. The third-order valence-corrected chi connectivity index (χ3v) is 7.55. The number of aromatic amines is 1. The molecule has 1 saturated heterocycles. The van der Waals surface area contributed by atoms with Crippen LogP contribution in [0.15, 0.2) is 41.9 Å². The van der Waals surface area contributed by atoms with Gasteiger partial charge in [-0.15, -0.1) is 0 Å². The Morgan fingerprint density at radius 2 is 2.08 bits per heavy atom. The molecule has 1 fully saturated rings.